The number of allylic oxidation sites excluding steroid dienone is 3. The molecule has 6 aliphatic carbocycles. The van der Waals surface area contributed by atoms with Crippen molar-refractivity contribution in [2.75, 3.05) is 0 Å². The minimum Gasteiger partial charge on any atom is -0.0695 e. The summed E-state index contributed by atoms with van der Waals surface area (Å²) in [7, 11) is 0. The highest BCUT2D eigenvalue weighted by Crippen LogP contribution is 2.70. The van der Waals surface area contributed by atoms with Crippen molar-refractivity contribution in [2.45, 2.75) is 109 Å². The second kappa shape index (κ2) is 8.13. The van der Waals surface area contributed by atoms with Crippen LogP contribution in [0.15, 0.2) is 35.9 Å². The van der Waals surface area contributed by atoms with Crippen molar-refractivity contribution in [3.05, 3.63) is 47.0 Å². The Balaban J connectivity index is 1.48. The van der Waals surface area contributed by atoms with E-state index in [0.717, 1.165) is 23.7 Å². The van der Waals surface area contributed by atoms with E-state index in [4.69, 9.17) is 0 Å². The maximum atomic E-state index is 2.97. The molecule has 0 amide bonds. The molecule has 4 fully saturated rings. The van der Waals surface area contributed by atoms with Crippen LogP contribution in [0.25, 0.3) is 11.6 Å². The molecule has 0 heterocycles. The third-order valence-corrected chi connectivity index (χ3v) is 11.8. The number of hydrogen-bond donors (Lipinski definition) is 0. The van der Waals surface area contributed by atoms with E-state index in [1.54, 1.807) is 11.1 Å². The van der Waals surface area contributed by atoms with Gasteiger partial charge in [0.25, 0.3) is 0 Å². The van der Waals surface area contributed by atoms with Crippen molar-refractivity contribution >= 4 is 11.6 Å². The lowest BCUT2D eigenvalue weighted by Crippen LogP contribution is -2.49. The molecule has 176 valence electrons. The van der Waals surface area contributed by atoms with Gasteiger partial charge in [0, 0.05) is 5.41 Å². The summed E-state index contributed by atoms with van der Waals surface area (Å²) in [5.74, 6) is 3.77. The molecule has 1 aromatic carbocycles. The van der Waals surface area contributed by atoms with Crippen LogP contribution in [0.1, 0.15) is 120 Å². The van der Waals surface area contributed by atoms with E-state index in [0.29, 0.717) is 10.8 Å². The minimum absolute atomic E-state index is 0.460. The zero-order valence-corrected chi connectivity index (χ0v) is 20.8. The summed E-state index contributed by atoms with van der Waals surface area (Å²) in [6, 6.07) is 9.48. The van der Waals surface area contributed by atoms with Gasteiger partial charge in [0.2, 0.25) is 0 Å². The first-order valence-electron chi connectivity index (χ1n) is 14.9. The van der Waals surface area contributed by atoms with Gasteiger partial charge >= 0.3 is 0 Å². The van der Waals surface area contributed by atoms with E-state index in [1.807, 2.05) is 5.57 Å². The molecule has 0 aliphatic heterocycles. The van der Waals surface area contributed by atoms with E-state index in [9.17, 15) is 0 Å². The van der Waals surface area contributed by atoms with Crippen molar-refractivity contribution in [2.24, 2.45) is 34.5 Å². The first-order valence-corrected chi connectivity index (χ1v) is 14.9. The molecule has 0 bridgehead atoms. The predicted octanol–water partition coefficient (Wildman–Crippen LogP) is 9.60. The molecule has 0 radical (unpaired) electrons. The number of rotatable bonds is 4. The average molecular weight is 441 g/mol. The summed E-state index contributed by atoms with van der Waals surface area (Å²) >= 11 is 0. The van der Waals surface area contributed by atoms with Crippen molar-refractivity contribution < 1.29 is 0 Å². The Labute approximate surface area is 202 Å². The van der Waals surface area contributed by atoms with Crippen LogP contribution in [0.5, 0.6) is 0 Å². The van der Waals surface area contributed by atoms with Gasteiger partial charge in [-0.05, 0) is 115 Å². The molecule has 0 N–H and O–H groups in total. The predicted molar refractivity (Wildman–Crippen MR) is 140 cm³/mol. The molecule has 7 rings (SSSR count). The van der Waals surface area contributed by atoms with Crippen LogP contribution in [-0.4, -0.2) is 0 Å². The molecule has 4 saturated carbocycles. The number of fused-ring (bicyclic) bond motifs is 3. The van der Waals surface area contributed by atoms with Crippen LogP contribution in [0.2, 0.25) is 0 Å². The largest absolute Gasteiger partial charge is 0.0695 e. The molecule has 0 unspecified atom stereocenters. The summed E-state index contributed by atoms with van der Waals surface area (Å²) < 4.78 is 0. The van der Waals surface area contributed by atoms with E-state index < -0.39 is 0 Å². The third kappa shape index (κ3) is 3.07. The Kier molecular flexibility index (Phi) is 5.18. The van der Waals surface area contributed by atoms with Crippen LogP contribution >= 0.6 is 0 Å². The third-order valence-electron chi connectivity index (χ3n) is 11.8. The fraction of sp³-hybridized carbons (Fsp3) is 0.697. The van der Waals surface area contributed by atoms with E-state index in [-0.39, 0.29) is 0 Å². The Morgan fingerprint density at radius 3 is 1.61 bits per heavy atom. The topological polar surface area (TPSA) is 0 Å². The standard InChI is InChI=1S/C33H44/c1-10-20-29-24(11-1)21-31-30(29)22-32(25-12-2-3-13-25,26-14-4-5-15-26)23-33(31,27-16-6-7-17-27)28-18-8-9-19-28/h1,10-11,20-22,25-28H,2-9,12-19,23H2. The highest BCUT2D eigenvalue weighted by Gasteiger charge is 2.60. The monoisotopic (exact) mass is 440 g/mol. The molecule has 0 nitrogen and oxygen atoms in total. The van der Waals surface area contributed by atoms with Crippen LogP contribution < -0.4 is 0 Å². The van der Waals surface area contributed by atoms with Gasteiger partial charge in [-0.2, -0.15) is 0 Å². The van der Waals surface area contributed by atoms with Gasteiger partial charge in [0.1, 0.15) is 0 Å². The van der Waals surface area contributed by atoms with E-state index in [2.05, 4.69) is 36.4 Å². The quantitative estimate of drug-likeness (QED) is 0.437. The minimum atomic E-state index is 0.460. The van der Waals surface area contributed by atoms with Gasteiger partial charge in [-0.25, -0.2) is 0 Å². The maximum absolute atomic E-state index is 2.97. The van der Waals surface area contributed by atoms with Crippen LogP contribution in [0.4, 0.5) is 0 Å². The molecule has 0 heteroatoms. The highest BCUT2D eigenvalue weighted by atomic mass is 14.6. The van der Waals surface area contributed by atoms with Crippen molar-refractivity contribution in [3.8, 4) is 0 Å². The molecule has 0 aromatic heterocycles. The normalized spacial score (nSPS) is 29.9. The molecule has 6 aliphatic rings. The van der Waals surface area contributed by atoms with E-state index in [1.165, 1.54) is 115 Å². The summed E-state index contributed by atoms with van der Waals surface area (Å²) in [5.41, 5.74) is 7.62. The Morgan fingerprint density at radius 1 is 0.576 bits per heavy atom. The Morgan fingerprint density at radius 2 is 1.06 bits per heavy atom. The number of benzene rings is 1. The van der Waals surface area contributed by atoms with Gasteiger partial charge in [-0.3, -0.25) is 0 Å². The highest BCUT2D eigenvalue weighted by molar-refractivity contribution is 5.97. The number of hydrogen-bond acceptors (Lipinski definition) is 0. The molecular formula is C33H44. The lowest BCUT2D eigenvalue weighted by atomic mass is 9.46. The zero-order chi connectivity index (χ0) is 21.9. The molecule has 33 heavy (non-hydrogen) atoms. The van der Waals surface area contributed by atoms with Crippen LogP contribution in [-0.2, 0) is 0 Å². The van der Waals surface area contributed by atoms with Crippen LogP contribution in [0.3, 0.4) is 0 Å². The van der Waals surface area contributed by atoms with Gasteiger partial charge in [0.15, 0.2) is 0 Å². The smallest absolute Gasteiger partial charge is 0.00242 e. The average Bonchev–Trinajstić information content (AvgIpc) is 3.69. The SMILES string of the molecule is C1=C2C(=Cc3ccccc32)C(C2CCCC2)(C2CCCC2)CC1(C1CCCC1)C1CCCC1. The lowest BCUT2D eigenvalue weighted by Gasteiger charge is -2.58. The Bertz CT molecular complexity index is 904. The molecule has 0 atom stereocenters. The van der Waals surface area contributed by atoms with Crippen molar-refractivity contribution in [1.29, 1.82) is 0 Å². The van der Waals surface area contributed by atoms with Gasteiger partial charge in [-0.15, -0.1) is 0 Å². The maximum Gasteiger partial charge on any atom is 0.00242 e. The van der Waals surface area contributed by atoms with E-state index >= 15 is 0 Å². The first-order chi connectivity index (χ1) is 16.3. The van der Waals surface area contributed by atoms with Gasteiger partial charge in [0.05, 0.1) is 0 Å². The van der Waals surface area contributed by atoms with Gasteiger partial charge in [-0.1, -0.05) is 81.7 Å². The zero-order valence-electron chi connectivity index (χ0n) is 20.8. The fourth-order valence-corrected chi connectivity index (χ4v) is 10.4. The summed E-state index contributed by atoms with van der Waals surface area (Å²) in [6.45, 7) is 0. The van der Waals surface area contributed by atoms with Crippen LogP contribution in [0, 0.1) is 34.5 Å². The summed E-state index contributed by atoms with van der Waals surface area (Å²) in [5, 5.41) is 0. The molecule has 0 spiro atoms. The van der Waals surface area contributed by atoms with Crippen molar-refractivity contribution in [1.82, 2.24) is 0 Å². The molecule has 1 aromatic rings. The van der Waals surface area contributed by atoms with Gasteiger partial charge < -0.3 is 0 Å². The fourth-order valence-electron chi connectivity index (χ4n) is 10.4. The summed E-state index contributed by atoms with van der Waals surface area (Å²) in [6.07, 6.45) is 31.1. The second-order valence-corrected chi connectivity index (χ2v) is 13.0. The Hall–Kier alpha value is -1.30. The molecule has 0 saturated heterocycles. The first kappa shape index (κ1) is 21.0. The second-order valence-electron chi connectivity index (χ2n) is 13.0. The molecular weight excluding hydrogens is 396 g/mol. The lowest BCUT2D eigenvalue weighted by molar-refractivity contribution is 0.00282. The van der Waals surface area contributed by atoms with Crippen molar-refractivity contribution in [3.63, 3.8) is 0 Å². The summed E-state index contributed by atoms with van der Waals surface area (Å²) in [4.78, 5) is 0.